The number of pyridine rings is 1. The van der Waals surface area contributed by atoms with Crippen molar-refractivity contribution in [3.05, 3.63) is 75.7 Å². The number of fused-ring (bicyclic) bond motifs is 1. The zero-order chi connectivity index (χ0) is 37.2. The van der Waals surface area contributed by atoms with E-state index in [4.69, 9.17) is 0 Å². The maximum absolute atomic E-state index is 13.9. The molecule has 1 atom stereocenters. The van der Waals surface area contributed by atoms with Crippen molar-refractivity contribution in [3.8, 4) is 11.8 Å². The van der Waals surface area contributed by atoms with Gasteiger partial charge in [-0.05, 0) is 69.2 Å². The molecule has 0 radical (unpaired) electrons. The molecule has 278 valence electrons. The molecule has 15 heteroatoms. The normalized spacial score (nSPS) is 21.4. The number of para-hydroxylation sites is 1. The first kappa shape index (κ1) is 36.2. The molecular formula is C38H43F2N9O4. The monoisotopic (exact) mass is 727 g/mol. The number of amides is 3. The maximum atomic E-state index is 13.9. The molecule has 3 aromatic heterocycles. The molecule has 13 nitrogen and oxygen atoms in total. The van der Waals surface area contributed by atoms with Crippen LogP contribution < -0.4 is 16.3 Å². The fourth-order valence-electron chi connectivity index (χ4n) is 7.81. The number of piperidine rings is 1. The van der Waals surface area contributed by atoms with Gasteiger partial charge in [0.1, 0.15) is 11.7 Å². The number of nitrogens with one attached hydrogen (secondary N) is 2. The Morgan fingerprint density at radius 1 is 1.00 bits per heavy atom. The van der Waals surface area contributed by atoms with Crippen LogP contribution in [0.5, 0.6) is 0 Å². The minimum absolute atomic E-state index is 0.00817. The molecule has 53 heavy (non-hydrogen) atoms. The van der Waals surface area contributed by atoms with Crippen LogP contribution >= 0.6 is 0 Å². The number of aryl methyl sites for hydroxylation is 2. The zero-order valence-electron chi connectivity index (χ0n) is 29.9. The van der Waals surface area contributed by atoms with Crippen LogP contribution in [0.3, 0.4) is 0 Å². The van der Waals surface area contributed by atoms with Crippen LogP contribution in [0.15, 0.2) is 47.4 Å². The number of imide groups is 1. The molecule has 2 aliphatic heterocycles. The third-order valence-corrected chi connectivity index (χ3v) is 10.7. The van der Waals surface area contributed by atoms with E-state index in [9.17, 15) is 28.0 Å². The van der Waals surface area contributed by atoms with Gasteiger partial charge in [0.15, 0.2) is 5.69 Å². The Morgan fingerprint density at radius 3 is 2.45 bits per heavy atom. The molecule has 3 aliphatic rings. The summed E-state index contributed by atoms with van der Waals surface area (Å²) in [5, 5.41) is 9.14. The fourth-order valence-corrected chi connectivity index (χ4v) is 7.81. The molecular weight excluding hydrogens is 684 g/mol. The Kier molecular flexibility index (Phi) is 10.5. The van der Waals surface area contributed by atoms with E-state index in [0.717, 1.165) is 58.4 Å². The zero-order valence-corrected chi connectivity index (χ0v) is 29.9. The van der Waals surface area contributed by atoms with Crippen molar-refractivity contribution in [2.24, 2.45) is 13.0 Å². The van der Waals surface area contributed by atoms with Gasteiger partial charge in [-0.15, -0.1) is 0 Å². The van der Waals surface area contributed by atoms with Crippen molar-refractivity contribution in [2.45, 2.75) is 64.0 Å². The number of imidazole rings is 1. The van der Waals surface area contributed by atoms with Gasteiger partial charge in [-0.25, -0.2) is 18.6 Å². The highest BCUT2D eigenvalue weighted by Gasteiger charge is 2.32. The first-order valence-electron chi connectivity index (χ1n) is 18.1. The van der Waals surface area contributed by atoms with Crippen molar-refractivity contribution in [1.29, 1.82) is 0 Å². The van der Waals surface area contributed by atoms with Gasteiger partial charge < -0.3 is 10.2 Å². The quantitative estimate of drug-likeness (QED) is 0.207. The van der Waals surface area contributed by atoms with Gasteiger partial charge in [0.25, 0.3) is 12.3 Å². The second-order valence-electron chi connectivity index (χ2n) is 14.2. The molecule has 1 aromatic carbocycles. The number of halogens is 2. The molecule has 2 saturated heterocycles. The van der Waals surface area contributed by atoms with Crippen LogP contribution in [0, 0.1) is 24.7 Å². The molecule has 1 saturated carbocycles. The topological polar surface area (TPSA) is 139 Å². The van der Waals surface area contributed by atoms with Gasteiger partial charge in [0.05, 0.1) is 34.9 Å². The van der Waals surface area contributed by atoms with Gasteiger partial charge in [-0.1, -0.05) is 24.0 Å². The van der Waals surface area contributed by atoms with E-state index in [0.29, 0.717) is 34.8 Å². The highest BCUT2D eigenvalue weighted by Crippen LogP contribution is 2.35. The summed E-state index contributed by atoms with van der Waals surface area (Å²) >= 11 is 0. The third-order valence-electron chi connectivity index (χ3n) is 10.7. The summed E-state index contributed by atoms with van der Waals surface area (Å²) in [6.45, 7) is 6.96. The number of carbonyl (C=O) groups is 3. The van der Waals surface area contributed by atoms with Crippen LogP contribution in [-0.2, 0) is 16.6 Å². The van der Waals surface area contributed by atoms with Gasteiger partial charge in [0, 0.05) is 58.1 Å². The summed E-state index contributed by atoms with van der Waals surface area (Å²) in [6.07, 6.45) is 2.76. The highest BCUT2D eigenvalue weighted by atomic mass is 19.3. The molecule has 5 heterocycles. The lowest BCUT2D eigenvalue weighted by Crippen LogP contribution is -2.48. The second kappa shape index (κ2) is 15.4. The van der Waals surface area contributed by atoms with Crippen LogP contribution in [0.1, 0.15) is 84.5 Å². The lowest BCUT2D eigenvalue weighted by Gasteiger charge is -2.37. The minimum atomic E-state index is -2.82. The van der Waals surface area contributed by atoms with Crippen LogP contribution in [-0.4, -0.2) is 90.7 Å². The molecule has 2 N–H and O–H groups in total. The number of anilines is 1. The summed E-state index contributed by atoms with van der Waals surface area (Å²) in [5.74, 6) is 5.72. The fraction of sp³-hybridized carbons (Fsp3) is 0.474. The predicted molar refractivity (Wildman–Crippen MR) is 193 cm³/mol. The minimum Gasteiger partial charge on any atom is -0.318 e. The predicted octanol–water partition coefficient (Wildman–Crippen LogP) is 3.81. The van der Waals surface area contributed by atoms with E-state index in [2.05, 4.69) is 42.4 Å². The van der Waals surface area contributed by atoms with Crippen LogP contribution in [0.2, 0.25) is 0 Å². The number of benzene rings is 1. The van der Waals surface area contributed by atoms with Crippen LogP contribution in [0.25, 0.3) is 11.0 Å². The smallest absolute Gasteiger partial charge is 0.318 e. The number of piperazine rings is 1. The van der Waals surface area contributed by atoms with E-state index in [1.807, 2.05) is 12.1 Å². The largest absolute Gasteiger partial charge is 0.329 e. The number of nitrogens with zero attached hydrogens (tertiary/aromatic N) is 7. The Morgan fingerprint density at radius 2 is 1.74 bits per heavy atom. The Labute approximate surface area is 305 Å². The van der Waals surface area contributed by atoms with Crippen molar-refractivity contribution >= 4 is 34.4 Å². The molecule has 7 rings (SSSR count). The van der Waals surface area contributed by atoms with E-state index < -0.39 is 30.0 Å². The third kappa shape index (κ3) is 7.79. The van der Waals surface area contributed by atoms with E-state index in [1.165, 1.54) is 15.3 Å². The summed E-state index contributed by atoms with van der Waals surface area (Å²) in [5.41, 5.74) is 2.09. The number of rotatable bonds is 8. The average Bonchev–Trinajstić information content (AvgIpc) is 3.68. The molecule has 1 aliphatic carbocycles. The Bertz CT molecular complexity index is 2150. The number of hydrogen-bond acceptors (Lipinski definition) is 8. The molecule has 0 bridgehead atoms. The molecule has 0 spiro atoms. The Balaban J connectivity index is 0.900. The summed E-state index contributed by atoms with van der Waals surface area (Å²) < 4.78 is 32.4. The number of alkyl halides is 2. The second-order valence-corrected chi connectivity index (χ2v) is 14.2. The lowest BCUT2D eigenvalue weighted by atomic mass is 9.85. The van der Waals surface area contributed by atoms with Crippen molar-refractivity contribution < 1.29 is 23.2 Å². The standard InChI is InChI=1S/C38H43F2N9O4/c1-24-6-3-9-28(41-24)36(51)42-29-23-48(44-33(29)35(39)40)27-13-11-25(12-14-27)22-47-20-18-46(19-21-47)17-5-8-26-7-4-10-30-34(26)45(2)38(53)49(30)31-15-16-32(50)43-37(31)52/h3-4,6-7,9-10,23,25,27,31,35H,11-22H2,1-2H3,(H,42,51)(H,43,50,52). The van der Waals surface area contributed by atoms with E-state index in [1.54, 1.807) is 42.9 Å². The summed E-state index contributed by atoms with van der Waals surface area (Å²) in [4.78, 5) is 59.2. The summed E-state index contributed by atoms with van der Waals surface area (Å²) in [6, 6.07) is 9.78. The van der Waals surface area contributed by atoms with Crippen molar-refractivity contribution in [3.63, 3.8) is 0 Å². The van der Waals surface area contributed by atoms with Crippen molar-refractivity contribution in [2.75, 3.05) is 44.6 Å². The first-order chi connectivity index (χ1) is 25.5. The van der Waals surface area contributed by atoms with Crippen LogP contribution in [0.4, 0.5) is 14.5 Å². The molecule has 4 aromatic rings. The number of carbonyl (C=O) groups excluding carboxylic acids is 3. The first-order valence-corrected chi connectivity index (χ1v) is 18.1. The molecule has 1 unspecified atom stereocenters. The number of aromatic nitrogens is 5. The van der Waals surface area contributed by atoms with Gasteiger partial charge in [0.2, 0.25) is 11.8 Å². The number of hydrogen-bond donors (Lipinski definition) is 2. The maximum Gasteiger partial charge on any atom is 0.329 e. The van der Waals surface area contributed by atoms with Gasteiger partial charge >= 0.3 is 5.69 Å². The Hall–Kier alpha value is -5.20. The average molecular weight is 728 g/mol. The van der Waals surface area contributed by atoms with Gasteiger partial charge in [-0.2, -0.15) is 5.10 Å². The van der Waals surface area contributed by atoms with Gasteiger partial charge in [-0.3, -0.25) is 38.4 Å². The molecule has 3 amide bonds. The summed E-state index contributed by atoms with van der Waals surface area (Å²) in [7, 11) is 1.67. The highest BCUT2D eigenvalue weighted by molar-refractivity contribution is 6.03. The molecule has 3 fully saturated rings. The van der Waals surface area contributed by atoms with E-state index >= 15 is 0 Å². The SMILES string of the molecule is Cc1cccc(C(=O)Nc2cn(C3CCC(CN4CCN(CC#Cc5cccc6c5n(C)c(=O)n6C5CCC(=O)NC5=O)CC4)CC3)nc2C(F)F)n1. The van der Waals surface area contributed by atoms with E-state index in [-0.39, 0.29) is 41.9 Å². The van der Waals surface area contributed by atoms with Crippen molar-refractivity contribution in [1.82, 2.24) is 39.0 Å². The lowest BCUT2D eigenvalue weighted by molar-refractivity contribution is -0.135.